The molecule has 1 saturated heterocycles. The van der Waals surface area contributed by atoms with Crippen LogP contribution in [-0.2, 0) is 0 Å². The van der Waals surface area contributed by atoms with E-state index < -0.39 is 17.6 Å². The van der Waals surface area contributed by atoms with Gasteiger partial charge in [0.25, 0.3) is 11.8 Å². The summed E-state index contributed by atoms with van der Waals surface area (Å²) in [5.74, 6) is 0.634. The summed E-state index contributed by atoms with van der Waals surface area (Å²) >= 11 is 1.83. The van der Waals surface area contributed by atoms with E-state index in [1.165, 1.54) is 12.1 Å². The highest BCUT2D eigenvalue weighted by Gasteiger charge is 2.20. The van der Waals surface area contributed by atoms with Gasteiger partial charge in [0.1, 0.15) is 25.3 Å². The maximum Gasteiger partial charge on any atom is 0.258 e. The summed E-state index contributed by atoms with van der Waals surface area (Å²) in [4.78, 5) is 31.7. The van der Waals surface area contributed by atoms with Crippen LogP contribution in [0.1, 0.15) is 26.3 Å². The van der Waals surface area contributed by atoms with Gasteiger partial charge < -0.3 is 15.5 Å². The van der Waals surface area contributed by atoms with Gasteiger partial charge in [0.05, 0.1) is 16.8 Å². The first-order valence-corrected chi connectivity index (χ1v) is 11.9. The maximum absolute atomic E-state index is 14.8. The summed E-state index contributed by atoms with van der Waals surface area (Å²) in [6.07, 6.45) is 1.64. The van der Waals surface area contributed by atoms with Gasteiger partial charge in [-0.15, -0.1) is 0 Å². The zero-order valence-corrected chi connectivity index (χ0v) is 19.4. The minimum atomic E-state index is -0.725. The third-order valence-electron chi connectivity index (χ3n) is 5.39. The van der Waals surface area contributed by atoms with Crippen molar-refractivity contribution in [2.75, 3.05) is 35.2 Å². The van der Waals surface area contributed by atoms with E-state index in [0.717, 1.165) is 30.1 Å². The second-order valence-corrected chi connectivity index (χ2v) is 9.04. The lowest BCUT2D eigenvalue weighted by atomic mass is 9.99. The topological polar surface area (TPSA) is 98.2 Å². The number of carbonyl (C=O) groups excluding carboxylic acids is 2. The maximum atomic E-state index is 14.8. The molecule has 2 amide bonds. The van der Waals surface area contributed by atoms with Crippen LogP contribution in [0.25, 0.3) is 0 Å². The Balaban J connectivity index is 1.49. The van der Waals surface area contributed by atoms with Crippen LogP contribution in [0, 0.1) is 11.2 Å². The molecule has 7 nitrogen and oxygen atoms in total. The number of amidine groups is 1. The molecule has 0 bridgehead atoms. The number of amides is 2. The molecule has 2 aromatic carbocycles. The second-order valence-electron chi connectivity index (χ2n) is 7.82. The molecule has 3 aromatic rings. The van der Waals surface area contributed by atoms with Crippen LogP contribution in [0.5, 0.6) is 0 Å². The van der Waals surface area contributed by atoms with Crippen molar-refractivity contribution in [2.24, 2.45) is 0 Å². The fourth-order valence-corrected chi connectivity index (χ4v) is 4.42. The third kappa shape index (κ3) is 5.45. The Hall–Kier alpha value is -3.66. The fourth-order valence-electron chi connectivity index (χ4n) is 3.52. The zero-order chi connectivity index (χ0) is 24.1. The number of benzene rings is 2. The number of hydrogen-bond donors (Lipinski definition) is 3. The lowest BCUT2D eigenvalue weighted by Crippen LogP contribution is -2.38. The number of anilines is 2. The van der Waals surface area contributed by atoms with Crippen molar-refractivity contribution >= 4 is 54.2 Å². The average molecular weight is 475 g/mol. The van der Waals surface area contributed by atoms with E-state index >= 15 is 0 Å². The number of rotatable bonds is 5. The number of nitrogens with zero attached hydrogens (tertiary/aromatic N) is 2. The average Bonchev–Trinajstić information content (AvgIpc) is 2.85. The van der Waals surface area contributed by atoms with Gasteiger partial charge in [-0.25, -0.2) is 9.37 Å². The lowest BCUT2D eigenvalue weighted by Gasteiger charge is -2.28. The van der Waals surface area contributed by atoms with Crippen LogP contribution in [0.4, 0.5) is 15.9 Å². The van der Waals surface area contributed by atoms with E-state index in [4.69, 9.17) is 5.41 Å². The first-order chi connectivity index (χ1) is 16.4. The summed E-state index contributed by atoms with van der Waals surface area (Å²) in [5, 5.41) is 13.7. The molecule has 1 fully saturated rings. The molecule has 0 spiro atoms. The Morgan fingerprint density at radius 1 is 1.00 bits per heavy atom. The fraction of sp³-hybridized carbons (Fsp3) is 0.167. The van der Waals surface area contributed by atoms with Crippen molar-refractivity contribution in [1.82, 2.24) is 9.88 Å². The largest absolute Gasteiger partial charge is 0.355 e. The molecule has 3 N–H and O–H groups in total. The third-order valence-corrected chi connectivity index (χ3v) is 6.33. The molecule has 0 atom stereocenters. The number of hydrogen-bond acceptors (Lipinski definition) is 5. The van der Waals surface area contributed by atoms with E-state index in [9.17, 15) is 14.0 Å². The molecule has 4 rings (SSSR count). The Morgan fingerprint density at radius 2 is 1.74 bits per heavy atom. The Kier molecular flexibility index (Phi) is 7.27. The SMILES string of the molecule is Bc1ccc(NC(=O)c2ccccc2NC(=O)c2ccc(C(=N)N3CCSCC3)cc2F)nc1. The van der Waals surface area contributed by atoms with E-state index in [0.29, 0.717) is 11.4 Å². The monoisotopic (exact) mass is 475 g/mol. The Labute approximate surface area is 202 Å². The summed E-state index contributed by atoms with van der Waals surface area (Å²) in [6.45, 7) is 1.48. The number of aromatic nitrogens is 1. The molecular formula is C24H23BFN5O2S. The smallest absolute Gasteiger partial charge is 0.258 e. The van der Waals surface area contributed by atoms with Crippen LogP contribution in [0.2, 0.25) is 0 Å². The van der Waals surface area contributed by atoms with Crippen LogP contribution in [-0.4, -0.2) is 60.0 Å². The quantitative estimate of drug-likeness (QED) is 0.299. The first kappa shape index (κ1) is 23.5. The molecule has 172 valence electrons. The van der Waals surface area contributed by atoms with Crippen molar-refractivity contribution in [2.45, 2.75) is 0 Å². The minimum Gasteiger partial charge on any atom is -0.355 e. The number of para-hydroxylation sites is 1. The van der Waals surface area contributed by atoms with Gasteiger partial charge in [-0.1, -0.05) is 29.7 Å². The van der Waals surface area contributed by atoms with Gasteiger partial charge in [0, 0.05) is 36.4 Å². The highest BCUT2D eigenvalue weighted by molar-refractivity contribution is 7.99. The molecule has 0 unspecified atom stereocenters. The summed E-state index contributed by atoms with van der Waals surface area (Å²) in [7, 11) is 1.89. The molecule has 1 aliphatic rings. The highest BCUT2D eigenvalue weighted by atomic mass is 32.2. The highest BCUT2D eigenvalue weighted by Crippen LogP contribution is 2.20. The molecular weight excluding hydrogens is 452 g/mol. The second kappa shape index (κ2) is 10.5. The number of carbonyl (C=O) groups is 2. The Bertz CT molecular complexity index is 1230. The van der Waals surface area contributed by atoms with Gasteiger partial charge in [-0.05, 0) is 30.3 Å². The van der Waals surface area contributed by atoms with Crippen molar-refractivity contribution in [3.8, 4) is 0 Å². The molecule has 1 aromatic heterocycles. The van der Waals surface area contributed by atoms with Crippen LogP contribution in [0.15, 0.2) is 60.8 Å². The molecule has 0 saturated carbocycles. The van der Waals surface area contributed by atoms with Gasteiger partial charge in [-0.2, -0.15) is 11.8 Å². The number of nitrogens with one attached hydrogen (secondary N) is 3. The van der Waals surface area contributed by atoms with Crippen molar-refractivity contribution < 1.29 is 14.0 Å². The summed E-state index contributed by atoms with van der Waals surface area (Å²) < 4.78 is 14.8. The van der Waals surface area contributed by atoms with E-state index in [2.05, 4.69) is 15.6 Å². The van der Waals surface area contributed by atoms with Crippen molar-refractivity contribution in [1.29, 1.82) is 5.41 Å². The van der Waals surface area contributed by atoms with Crippen molar-refractivity contribution in [3.05, 3.63) is 83.3 Å². The van der Waals surface area contributed by atoms with Crippen molar-refractivity contribution in [3.63, 3.8) is 0 Å². The lowest BCUT2D eigenvalue weighted by molar-refractivity contribution is 0.102. The molecule has 1 aliphatic heterocycles. The predicted octanol–water partition coefficient (Wildman–Crippen LogP) is 2.36. The van der Waals surface area contributed by atoms with Crippen LogP contribution < -0.4 is 16.1 Å². The normalized spacial score (nSPS) is 13.3. The van der Waals surface area contributed by atoms with Crippen LogP contribution in [0.3, 0.4) is 0 Å². The zero-order valence-electron chi connectivity index (χ0n) is 18.6. The molecule has 0 radical (unpaired) electrons. The minimum absolute atomic E-state index is 0.166. The molecule has 34 heavy (non-hydrogen) atoms. The summed E-state index contributed by atoms with van der Waals surface area (Å²) in [5.41, 5.74) is 1.69. The van der Waals surface area contributed by atoms with Gasteiger partial charge in [-0.3, -0.25) is 15.0 Å². The molecule has 10 heteroatoms. The number of thioether (sulfide) groups is 1. The van der Waals surface area contributed by atoms with Crippen LogP contribution >= 0.6 is 11.8 Å². The number of pyridine rings is 1. The predicted molar refractivity (Wildman–Crippen MR) is 137 cm³/mol. The summed E-state index contributed by atoms with van der Waals surface area (Å²) in [6, 6.07) is 14.2. The first-order valence-electron chi connectivity index (χ1n) is 10.8. The van der Waals surface area contributed by atoms with Gasteiger partial charge in [0.2, 0.25) is 0 Å². The Morgan fingerprint density at radius 3 is 2.44 bits per heavy atom. The standard InChI is InChI=1S/C24H23BFN5O2S/c25-16-6-8-21(28-14-16)30-24(33)18-3-1-2-4-20(18)29-23(32)17-7-5-15(13-19(17)26)22(27)31-9-11-34-12-10-31/h1-8,13-14,27H,9-12,25H2,(H,29,32)(H,28,30,33). The van der Waals surface area contributed by atoms with E-state index in [1.807, 2.05) is 30.6 Å². The van der Waals surface area contributed by atoms with E-state index in [-0.39, 0.29) is 22.6 Å². The molecule has 2 heterocycles. The molecule has 0 aliphatic carbocycles. The van der Waals surface area contributed by atoms with Gasteiger partial charge in [0.15, 0.2) is 0 Å². The van der Waals surface area contributed by atoms with E-state index in [1.54, 1.807) is 42.6 Å². The number of halogens is 1. The van der Waals surface area contributed by atoms with Gasteiger partial charge >= 0.3 is 0 Å².